The van der Waals surface area contributed by atoms with Gasteiger partial charge in [-0.05, 0) is 17.7 Å². The van der Waals surface area contributed by atoms with Crippen LogP contribution in [0.1, 0.15) is 17.0 Å². The third kappa shape index (κ3) is 5.18. The Balaban J connectivity index is 2.49. The highest BCUT2D eigenvalue weighted by Crippen LogP contribution is 2.47. The summed E-state index contributed by atoms with van der Waals surface area (Å²) in [5, 5.41) is 9.96. The average molecular weight is 523 g/mol. The maximum absolute atomic E-state index is 14.0. The van der Waals surface area contributed by atoms with Gasteiger partial charge in [-0.1, -0.05) is 30.3 Å². The van der Waals surface area contributed by atoms with Gasteiger partial charge in [-0.25, -0.2) is 9.59 Å². The fourth-order valence-electron chi connectivity index (χ4n) is 3.88. The fourth-order valence-corrected chi connectivity index (χ4v) is 3.88. The quantitative estimate of drug-likeness (QED) is 0.443. The third-order valence-electron chi connectivity index (χ3n) is 5.35. The molecule has 0 fully saturated rings. The van der Waals surface area contributed by atoms with E-state index in [9.17, 15) is 36.8 Å². The summed E-state index contributed by atoms with van der Waals surface area (Å²) in [6, 6.07) is 11.2. The zero-order valence-corrected chi connectivity index (χ0v) is 19.2. The molecule has 1 aliphatic heterocycles. The zero-order chi connectivity index (χ0) is 27.5. The summed E-state index contributed by atoms with van der Waals surface area (Å²) < 4.78 is 81.5. The van der Waals surface area contributed by atoms with Crippen molar-refractivity contribution < 1.29 is 45.8 Å². The largest absolute Gasteiger partial charge is 0.466 e. The molecule has 37 heavy (non-hydrogen) atoms. The summed E-state index contributed by atoms with van der Waals surface area (Å²) in [4.78, 5) is 26.4. The maximum Gasteiger partial charge on any atom is 0.418 e. The Morgan fingerprint density at radius 3 is 2.19 bits per heavy atom. The van der Waals surface area contributed by atoms with Gasteiger partial charge in [0.25, 0.3) is 0 Å². The molecule has 1 heterocycles. The molecule has 13 heteroatoms. The molecule has 2 aromatic rings. The molecular weight excluding hydrogens is 505 g/mol. The molecule has 3 rings (SSSR count). The molecule has 8 nitrogen and oxygen atoms in total. The van der Waals surface area contributed by atoms with Crippen LogP contribution in [0.3, 0.4) is 0 Å². The van der Waals surface area contributed by atoms with Crippen LogP contribution in [0.25, 0.3) is 0 Å². The van der Waals surface area contributed by atoms with Gasteiger partial charge < -0.3 is 19.9 Å². The molecule has 0 spiro atoms. The van der Waals surface area contributed by atoms with Crippen LogP contribution in [0.4, 0.5) is 27.6 Å². The van der Waals surface area contributed by atoms with E-state index in [4.69, 9.17) is 15.2 Å². The second kappa shape index (κ2) is 10.6. The van der Waals surface area contributed by atoms with Crippen molar-refractivity contribution in [3.05, 3.63) is 82.3 Å². The van der Waals surface area contributed by atoms with E-state index in [1.54, 1.807) is 24.3 Å². The number of carbonyl (C=O) groups is 2. The number of hydrogen-bond donors (Lipinski definition) is 1. The SMILES string of the molecule is COC(=O)C1=C(C(=O)OC)N(c2cc(OC(F)F)ccc2C(F)(F)F)C(N)=C(C#N)C1c1ccccc1. The molecular formula is C24H18F5N3O5. The summed E-state index contributed by atoms with van der Waals surface area (Å²) in [6.45, 7) is -3.39. The molecule has 2 N–H and O–H groups in total. The van der Waals surface area contributed by atoms with E-state index in [-0.39, 0.29) is 5.56 Å². The second-order valence-electron chi connectivity index (χ2n) is 7.39. The molecule has 0 radical (unpaired) electrons. The number of nitrogens with zero attached hydrogens (tertiary/aromatic N) is 2. The number of rotatable bonds is 6. The first kappa shape index (κ1) is 27.0. The van der Waals surface area contributed by atoms with E-state index in [0.717, 1.165) is 14.2 Å². The minimum Gasteiger partial charge on any atom is -0.466 e. The number of alkyl halides is 5. The number of nitrogens with two attached hydrogens (primary N) is 1. The highest BCUT2D eigenvalue weighted by Gasteiger charge is 2.45. The first-order chi connectivity index (χ1) is 17.5. The van der Waals surface area contributed by atoms with E-state index < -0.39 is 70.3 Å². The Labute approximate surface area is 206 Å². The molecule has 0 saturated heterocycles. The molecule has 194 valence electrons. The number of benzene rings is 2. The Hall–Kier alpha value is -4.60. The van der Waals surface area contributed by atoms with Gasteiger partial charge in [-0.2, -0.15) is 27.2 Å². The normalized spacial score (nSPS) is 16.0. The van der Waals surface area contributed by atoms with Gasteiger partial charge in [0.2, 0.25) is 0 Å². The van der Waals surface area contributed by atoms with Gasteiger partial charge in [0, 0.05) is 6.07 Å². The molecule has 1 aliphatic rings. The van der Waals surface area contributed by atoms with Crippen LogP contribution in [-0.2, 0) is 25.2 Å². The minimum absolute atomic E-state index is 0.286. The van der Waals surface area contributed by atoms with Crippen LogP contribution in [0.5, 0.6) is 5.75 Å². The van der Waals surface area contributed by atoms with Crippen molar-refractivity contribution in [3.8, 4) is 11.8 Å². The predicted octanol–water partition coefficient (Wildman–Crippen LogP) is 4.20. The Bertz CT molecular complexity index is 1320. The van der Waals surface area contributed by atoms with E-state index in [0.29, 0.717) is 23.1 Å². The number of allylic oxidation sites excluding steroid dienone is 1. The van der Waals surface area contributed by atoms with Crippen molar-refractivity contribution in [2.45, 2.75) is 18.7 Å². The lowest BCUT2D eigenvalue weighted by Gasteiger charge is -2.37. The third-order valence-corrected chi connectivity index (χ3v) is 5.35. The van der Waals surface area contributed by atoms with E-state index in [2.05, 4.69) is 4.74 Å². The lowest BCUT2D eigenvalue weighted by molar-refractivity contribution is -0.139. The van der Waals surface area contributed by atoms with Gasteiger partial charge in [-0.3, -0.25) is 4.90 Å². The number of carbonyl (C=O) groups excluding carboxylic acids is 2. The fraction of sp³-hybridized carbons (Fsp3) is 0.208. The van der Waals surface area contributed by atoms with Crippen LogP contribution in [0.15, 0.2) is 71.2 Å². The number of esters is 2. The van der Waals surface area contributed by atoms with Crippen LogP contribution in [-0.4, -0.2) is 32.8 Å². The molecule has 1 atom stereocenters. The van der Waals surface area contributed by atoms with Crippen molar-refractivity contribution in [2.75, 3.05) is 19.1 Å². The van der Waals surface area contributed by atoms with Crippen LogP contribution < -0.4 is 15.4 Å². The van der Waals surface area contributed by atoms with Gasteiger partial charge >= 0.3 is 24.7 Å². The number of ether oxygens (including phenoxy) is 3. The van der Waals surface area contributed by atoms with Crippen LogP contribution >= 0.6 is 0 Å². The number of hydrogen-bond acceptors (Lipinski definition) is 8. The Kier molecular flexibility index (Phi) is 7.71. The molecule has 0 amide bonds. The molecule has 0 bridgehead atoms. The van der Waals surface area contributed by atoms with E-state index >= 15 is 0 Å². The molecule has 0 saturated carbocycles. The van der Waals surface area contributed by atoms with Gasteiger partial charge in [0.15, 0.2) is 0 Å². The first-order valence-corrected chi connectivity index (χ1v) is 10.3. The predicted molar refractivity (Wildman–Crippen MR) is 118 cm³/mol. The zero-order valence-electron chi connectivity index (χ0n) is 19.2. The smallest absolute Gasteiger partial charge is 0.418 e. The number of halogens is 5. The highest BCUT2D eigenvalue weighted by atomic mass is 19.4. The lowest BCUT2D eigenvalue weighted by Crippen LogP contribution is -2.41. The van der Waals surface area contributed by atoms with Gasteiger partial charge in [-0.15, -0.1) is 0 Å². The molecule has 0 aromatic heterocycles. The highest BCUT2D eigenvalue weighted by molar-refractivity contribution is 6.06. The number of methoxy groups -OCH3 is 2. The van der Waals surface area contributed by atoms with Crippen LogP contribution in [0, 0.1) is 11.3 Å². The van der Waals surface area contributed by atoms with Gasteiger partial charge in [0.05, 0.1) is 48.6 Å². The molecule has 0 aliphatic carbocycles. The summed E-state index contributed by atoms with van der Waals surface area (Å²) in [7, 11) is 1.86. The second-order valence-corrected chi connectivity index (χ2v) is 7.39. The average Bonchev–Trinajstić information content (AvgIpc) is 2.86. The first-order valence-electron chi connectivity index (χ1n) is 10.3. The summed E-state index contributed by atoms with van der Waals surface area (Å²) >= 11 is 0. The van der Waals surface area contributed by atoms with E-state index in [1.165, 1.54) is 12.1 Å². The van der Waals surface area contributed by atoms with Crippen molar-refractivity contribution in [1.29, 1.82) is 5.26 Å². The molecule has 2 aromatic carbocycles. The topological polar surface area (TPSA) is 115 Å². The van der Waals surface area contributed by atoms with Crippen molar-refractivity contribution >= 4 is 17.6 Å². The standard InChI is InChI=1S/C24H18F5N3O5/c1-35-21(33)18-17(12-6-4-3-5-7-12)14(11-30)20(31)32(19(18)22(34)36-2)16-10-13(37-23(25)26)8-9-15(16)24(27,28)29/h3-10,17,23H,31H2,1-2H3. The Morgan fingerprint density at radius 2 is 1.68 bits per heavy atom. The summed E-state index contributed by atoms with van der Waals surface area (Å²) in [5.41, 5.74) is 2.29. The van der Waals surface area contributed by atoms with Gasteiger partial charge in [0.1, 0.15) is 17.3 Å². The van der Waals surface area contributed by atoms with Crippen molar-refractivity contribution in [1.82, 2.24) is 0 Å². The summed E-state index contributed by atoms with van der Waals surface area (Å²) in [5.74, 6) is -5.20. The lowest BCUT2D eigenvalue weighted by atomic mass is 9.80. The summed E-state index contributed by atoms with van der Waals surface area (Å²) in [6.07, 6.45) is -5.09. The molecule has 1 unspecified atom stereocenters. The Morgan fingerprint density at radius 1 is 1.05 bits per heavy atom. The number of anilines is 1. The van der Waals surface area contributed by atoms with Crippen molar-refractivity contribution in [3.63, 3.8) is 0 Å². The number of nitriles is 1. The monoisotopic (exact) mass is 523 g/mol. The maximum atomic E-state index is 14.0. The minimum atomic E-state index is -5.09. The van der Waals surface area contributed by atoms with E-state index in [1.807, 2.05) is 0 Å². The van der Waals surface area contributed by atoms with Crippen LogP contribution in [0.2, 0.25) is 0 Å². The van der Waals surface area contributed by atoms with Crippen molar-refractivity contribution in [2.24, 2.45) is 5.73 Å².